The fourth-order valence-electron chi connectivity index (χ4n) is 2.58. The number of benzene rings is 2. The summed E-state index contributed by atoms with van der Waals surface area (Å²) in [5, 5.41) is 0. The highest BCUT2D eigenvalue weighted by atomic mass is 16.5. The molecule has 0 amide bonds. The molecule has 0 radical (unpaired) electrons. The molecule has 0 saturated heterocycles. The van der Waals surface area contributed by atoms with Crippen LogP contribution in [-0.2, 0) is 13.1 Å². The van der Waals surface area contributed by atoms with Gasteiger partial charge in [0.05, 0.1) is 31.2 Å². The Morgan fingerprint density at radius 1 is 1.09 bits per heavy atom. The summed E-state index contributed by atoms with van der Waals surface area (Å²) in [4.78, 5) is 4.58. The number of rotatable bonds is 6. The molecule has 0 saturated carbocycles. The number of aryl methyl sites for hydroxylation is 1. The molecule has 23 heavy (non-hydrogen) atoms. The predicted octanol–water partition coefficient (Wildman–Crippen LogP) is 2.89. The van der Waals surface area contributed by atoms with Gasteiger partial charge >= 0.3 is 0 Å². The van der Waals surface area contributed by atoms with E-state index < -0.39 is 0 Å². The third kappa shape index (κ3) is 3.29. The van der Waals surface area contributed by atoms with E-state index in [0.717, 1.165) is 28.4 Å². The van der Waals surface area contributed by atoms with Crippen LogP contribution in [0.1, 0.15) is 11.4 Å². The van der Waals surface area contributed by atoms with Gasteiger partial charge in [0.2, 0.25) is 0 Å². The maximum Gasteiger partial charge on any atom is 0.123 e. The van der Waals surface area contributed by atoms with E-state index in [2.05, 4.69) is 16.5 Å². The standard InChI is InChI=1S/C18H21N3O2/c1-13-3-5-14(6-4-13)23-10-9-21-17-8-7-15(22-2)11-16(17)20-18(21)12-19/h3-8,11H,9-10,12,19H2,1-2H3. The lowest BCUT2D eigenvalue weighted by Crippen LogP contribution is -2.13. The van der Waals surface area contributed by atoms with Gasteiger partial charge in [-0.15, -0.1) is 0 Å². The van der Waals surface area contributed by atoms with Gasteiger partial charge in [-0.1, -0.05) is 17.7 Å². The molecule has 5 heteroatoms. The first-order valence-electron chi connectivity index (χ1n) is 7.64. The number of hydrogen-bond acceptors (Lipinski definition) is 4. The third-order valence-corrected chi connectivity index (χ3v) is 3.82. The van der Waals surface area contributed by atoms with E-state index >= 15 is 0 Å². The Bertz CT molecular complexity index is 794. The number of methoxy groups -OCH3 is 1. The van der Waals surface area contributed by atoms with Gasteiger partial charge in [-0.2, -0.15) is 0 Å². The summed E-state index contributed by atoms with van der Waals surface area (Å²) in [5.74, 6) is 2.51. The van der Waals surface area contributed by atoms with Gasteiger partial charge in [0, 0.05) is 6.07 Å². The summed E-state index contributed by atoms with van der Waals surface area (Å²) in [6.07, 6.45) is 0. The van der Waals surface area contributed by atoms with Gasteiger partial charge in [0.15, 0.2) is 0 Å². The van der Waals surface area contributed by atoms with Crippen molar-refractivity contribution in [1.29, 1.82) is 0 Å². The molecule has 2 N–H and O–H groups in total. The second-order valence-corrected chi connectivity index (χ2v) is 5.40. The molecule has 0 aliphatic heterocycles. The monoisotopic (exact) mass is 311 g/mol. The Hall–Kier alpha value is -2.53. The zero-order chi connectivity index (χ0) is 16.2. The minimum Gasteiger partial charge on any atom is -0.497 e. The summed E-state index contributed by atoms with van der Waals surface area (Å²) in [7, 11) is 1.65. The average Bonchev–Trinajstić information content (AvgIpc) is 2.93. The Kier molecular flexibility index (Phi) is 4.48. The number of aromatic nitrogens is 2. The molecule has 1 aromatic heterocycles. The van der Waals surface area contributed by atoms with Gasteiger partial charge in [-0.25, -0.2) is 4.98 Å². The average molecular weight is 311 g/mol. The summed E-state index contributed by atoms with van der Waals surface area (Å²) < 4.78 is 13.2. The Morgan fingerprint density at radius 2 is 1.83 bits per heavy atom. The van der Waals surface area contributed by atoms with Crippen molar-refractivity contribution in [3.05, 3.63) is 53.9 Å². The number of nitrogens with zero attached hydrogens (tertiary/aromatic N) is 2. The first kappa shape index (κ1) is 15.4. The zero-order valence-corrected chi connectivity index (χ0v) is 13.5. The van der Waals surface area contributed by atoms with Crippen LogP contribution >= 0.6 is 0 Å². The van der Waals surface area contributed by atoms with Crippen LogP contribution in [0.15, 0.2) is 42.5 Å². The predicted molar refractivity (Wildman–Crippen MR) is 90.9 cm³/mol. The van der Waals surface area contributed by atoms with Gasteiger partial charge in [-0.3, -0.25) is 0 Å². The van der Waals surface area contributed by atoms with Crippen LogP contribution < -0.4 is 15.2 Å². The molecule has 0 atom stereocenters. The molecule has 0 spiro atoms. The highest BCUT2D eigenvalue weighted by molar-refractivity contribution is 5.77. The minimum absolute atomic E-state index is 0.390. The fourth-order valence-corrected chi connectivity index (χ4v) is 2.58. The van der Waals surface area contributed by atoms with Crippen molar-refractivity contribution in [3.63, 3.8) is 0 Å². The van der Waals surface area contributed by atoms with Gasteiger partial charge in [-0.05, 0) is 31.2 Å². The van der Waals surface area contributed by atoms with Crippen molar-refractivity contribution in [2.24, 2.45) is 5.73 Å². The Morgan fingerprint density at radius 3 is 2.52 bits per heavy atom. The molecule has 2 aromatic carbocycles. The van der Waals surface area contributed by atoms with Crippen LogP contribution in [-0.4, -0.2) is 23.3 Å². The molecule has 3 aromatic rings. The number of fused-ring (bicyclic) bond motifs is 1. The van der Waals surface area contributed by atoms with E-state index in [1.807, 2.05) is 42.5 Å². The minimum atomic E-state index is 0.390. The molecule has 0 aliphatic rings. The first-order chi connectivity index (χ1) is 11.2. The van der Waals surface area contributed by atoms with Crippen molar-refractivity contribution >= 4 is 11.0 Å². The van der Waals surface area contributed by atoms with Crippen LogP contribution in [0.5, 0.6) is 11.5 Å². The summed E-state index contributed by atoms with van der Waals surface area (Å²) in [6, 6.07) is 13.9. The third-order valence-electron chi connectivity index (χ3n) is 3.82. The molecule has 0 fully saturated rings. The van der Waals surface area contributed by atoms with Gasteiger partial charge in [0.25, 0.3) is 0 Å². The molecular weight excluding hydrogens is 290 g/mol. The number of ether oxygens (including phenoxy) is 2. The Balaban J connectivity index is 1.77. The van der Waals surface area contributed by atoms with E-state index in [1.165, 1.54) is 5.56 Å². The normalized spacial score (nSPS) is 10.9. The zero-order valence-electron chi connectivity index (χ0n) is 13.5. The second kappa shape index (κ2) is 6.71. The molecule has 1 heterocycles. The summed E-state index contributed by atoms with van der Waals surface area (Å²) >= 11 is 0. The van der Waals surface area contributed by atoms with Crippen LogP contribution in [0.3, 0.4) is 0 Å². The molecule has 0 bridgehead atoms. The fraction of sp³-hybridized carbons (Fsp3) is 0.278. The van der Waals surface area contributed by atoms with Gasteiger partial charge < -0.3 is 19.8 Å². The van der Waals surface area contributed by atoms with Crippen molar-refractivity contribution in [2.75, 3.05) is 13.7 Å². The number of imidazole rings is 1. The van der Waals surface area contributed by atoms with E-state index in [4.69, 9.17) is 15.2 Å². The molecule has 3 rings (SSSR count). The van der Waals surface area contributed by atoms with Crippen LogP contribution in [0, 0.1) is 6.92 Å². The SMILES string of the molecule is COc1ccc2c(c1)nc(CN)n2CCOc1ccc(C)cc1. The number of nitrogens with two attached hydrogens (primary N) is 1. The maximum atomic E-state index is 5.83. The maximum absolute atomic E-state index is 5.83. The lowest BCUT2D eigenvalue weighted by Gasteiger charge is -2.10. The molecule has 0 unspecified atom stereocenters. The first-order valence-corrected chi connectivity index (χ1v) is 7.64. The van der Waals surface area contributed by atoms with Crippen molar-refractivity contribution < 1.29 is 9.47 Å². The highest BCUT2D eigenvalue weighted by Gasteiger charge is 2.10. The topological polar surface area (TPSA) is 62.3 Å². The van der Waals surface area contributed by atoms with Gasteiger partial charge in [0.1, 0.15) is 23.9 Å². The van der Waals surface area contributed by atoms with E-state index in [-0.39, 0.29) is 0 Å². The smallest absolute Gasteiger partial charge is 0.123 e. The lowest BCUT2D eigenvalue weighted by molar-refractivity contribution is 0.298. The lowest BCUT2D eigenvalue weighted by atomic mass is 10.2. The van der Waals surface area contributed by atoms with Crippen LogP contribution in [0.2, 0.25) is 0 Å². The van der Waals surface area contributed by atoms with Crippen molar-refractivity contribution in [3.8, 4) is 11.5 Å². The molecule has 5 nitrogen and oxygen atoms in total. The van der Waals surface area contributed by atoms with Crippen LogP contribution in [0.4, 0.5) is 0 Å². The Labute approximate surface area is 135 Å². The quantitative estimate of drug-likeness (QED) is 0.760. The summed E-state index contributed by atoms with van der Waals surface area (Å²) in [6.45, 7) is 3.71. The van der Waals surface area contributed by atoms with Crippen molar-refractivity contribution in [1.82, 2.24) is 9.55 Å². The van der Waals surface area contributed by atoms with E-state index in [1.54, 1.807) is 7.11 Å². The van der Waals surface area contributed by atoms with Crippen molar-refractivity contribution in [2.45, 2.75) is 20.0 Å². The molecule has 0 aliphatic carbocycles. The van der Waals surface area contributed by atoms with E-state index in [9.17, 15) is 0 Å². The van der Waals surface area contributed by atoms with E-state index in [0.29, 0.717) is 19.7 Å². The second-order valence-electron chi connectivity index (χ2n) is 5.40. The number of hydrogen-bond donors (Lipinski definition) is 1. The molecular formula is C18H21N3O2. The largest absolute Gasteiger partial charge is 0.497 e. The summed E-state index contributed by atoms with van der Waals surface area (Å²) in [5.41, 5.74) is 8.98. The highest BCUT2D eigenvalue weighted by Crippen LogP contribution is 2.22. The molecule has 120 valence electrons. The van der Waals surface area contributed by atoms with Crippen LogP contribution in [0.25, 0.3) is 11.0 Å².